The van der Waals surface area contributed by atoms with E-state index >= 15 is 0 Å². The van der Waals surface area contributed by atoms with Crippen LogP contribution in [0.3, 0.4) is 0 Å². The average Bonchev–Trinajstić information content (AvgIpc) is 2.43. The number of rotatable bonds is 5. The zero-order valence-electron chi connectivity index (χ0n) is 11.6. The standard InChI is InChI=1S/C14H23NO4/c1-2-19-13(17)4-3-12(16)15-11-5-6-14(11)7-9-18-10-8-14/h11H,2-10H2,1H3,(H,15,16). The molecular formula is C14H23NO4. The summed E-state index contributed by atoms with van der Waals surface area (Å²) in [6.45, 7) is 3.73. The van der Waals surface area contributed by atoms with Crippen molar-refractivity contribution >= 4 is 11.9 Å². The molecule has 0 radical (unpaired) electrons. The molecule has 5 nitrogen and oxygen atoms in total. The van der Waals surface area contributed by atoms with E-state index in [2.05, 4.69) is 5.32 Å². The summed E-state index contributed by atoms with van der Waals surface area (Å²) in [7, 11) is 0. The molecule has 1 aliphatic heterocycles. The van der Waals surface area contributed by atoms with Gasteiger partial charge in [0.1, 0.15) is 0 Å². The zero-order valence-corrected chi connectivity index (χ0v) is 11.6. The van der Waals surface area contributed by atoms with Crippen LogP contribution in [0, 0.1) is 5.41 Å². The van der Waals surface area contributed by atoms with Gasteiger partial charge in [-0.25, -0.2) is 0 Å². The van der Waals surface area contributed by atoms with Crippen molar-refractivity contribution < 1.29 is 19.1 Å². The van der Waals surface area contributed by atoms with E-state index in [-0.39, 0.29) is 36.2 Å². The molecule has 1 heterocycles. The highest BCUT2D eigenvalue weighted by Crippen LogP contribution is 2.48. The first-order valence-corrected chi connectivity index (χ1v) is 7.19. The third-order valence-electron chi connectivity index (χ3n) is 4.36. The van der Waals surface area contributed by atoms with E-state index in [9.17, 15) is 9.59 Å². The Hall–Kier alpha value is -1.10. The van der Waals surface area contributed by atoms with Gasteiger partial charge in [0.05, 0.1) is 13.0 Å². The Bertz CT molecular complexity index is 336. The van der Waals surface area contributed by atoms with E-state index in [0.29, 0.717) is 6.61 Å². The predicted molar refractivity (Wildman–Crippen MR) is 69.5 cm³/mol. The number of esters is 1. The van der Waals surface area contributed by atoms with Crippen LogP contribution >= 0.6 is 0 Å². The van der Waals surface area contributed by atoms with Gasteiger partial charge in [0.2, 0.25) is 5.91 Å². The highest BCUT2D eigenvalue weighted by molar-refractivity contribution is 5.81. The third-order valence-corrected chi connectivity index (χ3v) is 4.36. The van der Waals surface area contributed by atoms with Crippen molar-refractivity contribution in [3.63, 3.8) is 0 Å². The van der Waals surface area contributed by atoms with Crippen molar-refractivity contribution in [1.82, 2.24) is 5.32 Å². The Morgan fingerprint density at radius 2 is 2.00 bits per heavy atom. The maximum atomic E-state index is 11.8. The monoisotopic (exact) mass is 269 g/mol. The van der Waals surface area contributed by atoms with E-state index in [1.807, 2.05) is 0 Å². The lowest BCUT2D eigenvalue weighted by atomic mass is 9.60. The Balaban J connectivity index is 1.72. The second kappa shape index (κ2) is 6.37. The number of hydrogen-bond donors (Lipinski definition) is 1. The quantitative estimate of drug-likeness (QED) is 0.766. The fourth-order valence-electron chi connectivity index (χ4n) is 3.01. The molecule has 0 aromatic heterocycles. The fourth-order valence-corrected chi connectivity index (χ4v) is 3.01. The predicted octanol–water partition coefficient (Wildman–Crippen LogP) is 1.41. The molecule has 2 rings (SSSR count). The van der Waals surface area contributed by atoms with E-state index in [0.717, 1.165) is 32.5 Å². The summed E-state index contributed by atoms with van der Waals surface area (Å²) in [5.74, 6) is -0.337. The van der Waals surface area contributed by atoms with Crippen LogP contribution in [-0.4, -0.2) is 37.7 Å². The molecule has 19 heavy (non-hydrogen) atoms. The molecule has 2 fully saturated rings. The molecule has 0 bridgehead atoms. The molecule has 1 atom stereocenters. The lowest BCUT2D eigenvalue weighted by Crippen LogP contribution is -2.57. The number of nitrogens with one attached hydrogen (secondary N) is 1. The Kier molecular flexibility index (Phi) is 4.80. The number of hydrogen-bond acceptors (Lipinski definition) is 4. The highest BCUT2D eigenvalue weighted by Gasteiger charge is 2.47. The second-order valence-electron chi connectivity index (χ2n) is 5.44. The van der Waals surface area contributed by atoms with Gasteiger partial charge in [-0.2, -0.15) is 0 Å². The largest absolute Gasteiger partial charge is 0.466 e. The summed E-state index contributed by atoms with van der Waals surface area (Å²) in [4.78, 5) is 23.0. The first-order chi connectivity index (χ1) is 9.16. The number of carbonyl (C=O) groups is 2. The Morgan fingerprint density at radius 1 is 1.26 bits per heavy atom. The summed E-state index contributed by atoms with van der Waals surface area (Å²) < 4.78 is 10.2. The summed E-state index contributed by atoms with van der Waals surface area (Å²) in [5, 5.41) is 3.07. The van der Waals surface area contributed by atoms with Crippen LogP contribution in [0.15, 0.2) is 0 Å². The van der Waals surface area contributed by atoms with Crippen LogP contribution < -0.4 is 5.32 Å². The summed E-state index contributed by atoms with van der Waals surface area (Å²) in [6.07, 6.45) is 4.69. The molecule has 0 aromatic rings. The maximum Gasteiger partial charge on any atom is 0.306 e. The van der Waals surface area contributed by atoms with Crippen molar-refractivity contribution in [2.45, 2.75) is 51.5 Å². The fraction of sp³-hybridized carbons (Fsp3) is 0.857. The molecular weight excluding hydrogens is 246 g/mol. The number of amides is 1. The SMILES string of the molecule is CCOC(=O)CCC(=O)NC1CCC12CCOCC2. The van der Waals surface area contributed by atoms with E-state index in [1.54, 1.807) is 6.92 Å². The van der Waals surface area contributed by atoms with E-state index in [1.165, 1.54) is 6.42 Å². The molecule has 2 aliphatic rings. The summed E-state index contributed by atoms with van der Waals surface area (Å²) >= 11 is 0. The molecule has 1 spiro atoms. The molecule has 1 saturated carbocycles. The molecule has 1 amide bonds. The maximum absolute atomic E-state index is 11.8. The van der Waals surface area contributed by atoms with Gasteiger partial charge in [-0.3, -0.25) is 9.59 Å². The number of ether oxygens (including phenoxy) is 2. The van der Waals surface area contributed by atoms with Crippen LogP contribution in [0.25, 0.3) is 0 Å². The highest BCUT2D eigenvalue weighted by atomic mass is 16.5. The van der Waals surface area contributed by atoms with Crippen molar-refractivity contribution in [1.29, 1.82) is 0 Å². The first kappa shape index (κ1) is 14.3. The molecule has 108 valence electrons. The van der Waals surface area contributed by atoms with Gasteiger partial charge in [0, 0.05) is 25.7 Å². The molecule has 1 unspecified atom stereocenters. The molecule has 0 aromatic carbocycles. The lowest BCUT2D eigenvalue weighted by Gasteiger charge is -2.52. The third kappa shape index (κ3) is 3.47. The first-order valence-electron chi connectivity index (χ1n) is 7.19. The normalized spacial score (nSPS) is 24.6. The smallest absolute Gasteiger partial charge is 0.306 e. The van der Waals surface area contributed by atoms with Gasteiger partial charge >= 0.3 is 5.97 Å². The summed E-state index contributed by atoms with van der Waals surface area (Å²) in [6, 6.07) is 0.270. The van der Waals surface area contributed by atoms with Crippen molar-refractivity contribution in [2.75, 3.05) is 19.8 Å². The van der Waals surface area contributed by atoms with Gasteiger partial charge in [0.25, 0.3) is 0 Å². The second-order valence-corrected chi connectivity index (χ2v) is 5.44. The van der Waals surface area contributed by atoms with Crippen LogP contribution in [0.5, 0.6) is 0 Å². The van der Waals surface area contributed by atoms with Crippen LogP contribution in [0.4, 0.5) is 0 Å². The van der Waals surface area contributed by atoms with Gasteiger partial charge in [0.15, 0.2) is 0 Å². The minimum Gasteiger partial charge on any atom is -0.466 e. The minimum absolute atomic E-state index is 0.0383. The minimum atomic E-state index is -0.299. The van der Waals surface area contributed by atoms with Crippen LogP contribution in [0.2, 0.25) is 0 Å². The van der Waals surface area contributed by atoms with Crippen molar-refractivity contribution in [3.05, 3.63) is 0 Å². The Morgan fingerprint density at radius 3 is 2.58 bits per heavy atom. The average molecular weight is 269 g/mol. The molecule has 1 N–H and O–H groups in total. The molecule has 1 saturated heterocycles. The van der Waals surface area contributed by atoms with E-state index < -0.39 is 0 Å². The van der Waals surface area contributed by atoms with Gasteiger partial charge in [-0.05, 0) is 38.0 Å². The van der Waals surface area contributed by atoms with Gasteiger partial charge in [-0.1, -0.05) is 0 Å². The Labute approximate surface area is 114 Å². The van der Waals surface area contributed by atoms with Crippen molar-refractivity contribution in [3.8, 4) is 0 Å². The van der Waals surface area contributed by atoms with Gasteiger partial charge < -0.3 is 14.8 Å². The van der Waals surface area contributed by atoms with Crippen molar-refractivity contribution in [2.24, 2.45) is 5.41 Å². The molecule has 1 aliphatic carbocycles. The lowest BCUT2D eigenvalue weighted by molar-refractivity contribution is -0.144. The topological polar surface area (TPSA) is 64.6 Å². The van der Waals surface area contributed by atoms with Crippen LogP contribution in [0.1, 0.15) is 45.4 Å². The van der Waals surface area contributed by atoms with E-state index in [4.69, 9.17) is 9.47 Å². The van der Waals surface area contributed by atoms with Gasteiger partial charge in [-0.15, -0.1) is 0 Å². The van der Waals surface area contributed by atoms with Crippen LogP contribution in [-0.2, 0) is 19.1 Å². The molecule has 5 heteroatoms. The zero-order chi connectivity index (χ0) is 13.7. The number of carbonyl (C=O) groups excluding carboxylic acids is 2. The summed E-state index contributed by atoms with van der Waals surface area (Å²) in [5.41, 5.74) is 0.262.